The Morgan fingerprint density at radius 2 is 1.77 bits per heavy atom. The van der Waals surface area contributed by atoms with Crippen LogP contribution in [0.15, 0.2) is 54.7 Å². The van der Waals surface area contributed by atoms with E-state index in [-0.39, 0.29) is 0 Å². The molecular weight excluding hydrogens is 276 g/mol. The van der Waals surface area contributed by atoms with Crippen molar-refractivity contribution < 1.29 is 9.90 Å². The highest BCUT2D eigenvalue weighted by molar-refractivity contribution is 5.80. The molecule has 0 atom stereocenters. The van der Waals surface area contributed by atoms with Crippen LogP contribution in [0.1, 0.15) is 24.1 Å². The Kier molecular flexibility index (Phi) is 4.20. The number of carboxylic acid groups (broad SMARTS) is 1. The smallest absolute Gasteiger partial charge is 0.315 e. The molecule has 0 bridgehead atoms. The summed E-state index contributed by atoms with van der Waals surface area (Å²) < 4.78 is 0. The molecule has 0 aliphatic carbocycles. The fourth-order valence-electron chi connectivity index (χ4n) is 3.16. The molecule has 0 saturated carbocycles. The van der Waals surface area contributed by atoms with Gasteiger partial charge in [0.05, 0.1) is 5.69 Å². The monoisotopic (exact) mass is 296 g/mol. The van der Waals surface area contributed by atoms with Gasteiger partial charge in [-0.2, -0.15) is 0 Å². The highest BCUT2D eigenvalue weighted by atomic mass is 16.4. The van der Waals surface area contributed by atoms with Crippen molar-refractivity contribution in [2.45, 2.75) is 24.8 Å². The van der Waals surface area contributed by atoms with Crippen LogP contribution in [0.4, 0.5) is 0 Å². The number of likely N-dealkylation sites (tertiary alicyclic amines) is 1. The third-order valence-corrected chi connectivity index (χ3v) is 4.52. The van der Waals surface area contributed by atoms with Crippen molar-refractivity contribution in [3.05, 3.63) is 66.0 Å². The summed E-state index contributed by atoms with van der Waals surface area (Å²) >= 11 is 0. The van der Waals surface area contributed by atoms with Crippen molar-refractivity contribution in [3.63, 3.8) is 0 Å². The van der Waals surface area contributed by atoms with Crippen molar-refractivity contribution in [1.29, 1.82) is 0 Å². The standard InChI is InChI=1S/C18H20N2O2/c21-17(22)18(16-8-4-5-11-19-16)9-12-20(13-10-18)14-15-6-2-1-3-7-15/h1-8,11H,9-10,12-14H2,(H,21,22). The number of aromatic nitrogens is 1. The maximum absolute atomic E-state index is 11.9. The van der Waals surface area contributed by atoms with Gasteiger partial charge in [-0.15, -0.1) is 0 Å². The first-order valence-electron chi connectivity index (χ1n) is 7.62. The van der Waals surface area contributed by atoms with Crippen LogP contribution in [0.3, 0.4) is 0 Å². The van der Waals surface area contributed by atoms with E-state index in [1.807, 2.05) is 36.4 Å². The minimum Gasteiger partial charge on any atom is -0.481 e. The minimum absolute atomic E-state index is 0.603. The second kappa shape index (κ2) is 6.28. The molecule has 1 aliphatic heterocycles. The third-order valence-electron chi connectivity index (χ3n) is 4.52. The van der Waals surface area contributed by atoms with Crippen LogP contribution < -0.4 is 0 Å². The summed E-state index contributed by atoms with van der Waals surface area (Å²) in [5.74, 6) is -0.759. The quantitative estimate of drug-likeness (QED) is 0.942. The number of carboxylic acids is 1. The number of carbonyl (C=O) groups is 1. The molecule has 0 unspecified atom stereocenters. The molecule has 1 saturated heterocycles. The molecule has 4 nitrogen and oxygen atoms in total. The number of nitrogens with zero attached hydrogens (tertiary/aromatic N) is 2. The van der Waals surface area contributed by atoms with Gasteiger partial charge in [-0.1, -0.05) is 36.4 Å². The number of aliphatic carboxylic acids is 1. The molecule has 2 heterocycles. The second-order valence-corrected chi connectivity index (χ2v) is 5.86. The molecule has 0 spiro atoms. The Bertz CT molecular complexity index is 620. The largest absolute Gasteiger partial charge is 0.481 e. The van der Waals surface area contributed by atoms with E-state index in [1.165, 1.54) is 5.56 Å². The van der Waals surface area contributed by atoms with Gasteiger partial charge in [0.2, 0.25) is 0 Å². The maximum atomic E-state index is 11.9. The molecule has 4 heteroatoms. The van der Waals surface area contributed by atoms with E-state index in [0.717, 1.165) is 19.6 Å². The summed E-state index contributed by atoms with van der Waals surface area (Å²) in [6.07, 6.45) is 2.88. The number of hydrogen-bond donors (Lipinski definition) is 1. The average Bonchev–Trinajstić information content (AvgIpc) is 2.57. The lowest BCUT2D eigenvalue weighted by Gasteiger charge is -2.38. The fraction of sp³-hybridized carbons (Fsp3) is 0.333. The lowest BCUT2D eigenvalue weighted by Crippen LogP contribution is -2.47. The molecule has 2 aromatic rings. The number of pyridine rings is 1. The van der Waals surface area contributed by atoms with Crippen LogP contribution in [-0.4, -0.2) is 34.0 Å². The minimum atomic E-state index is -0.839. The first kappa shape index (κ1) is 14.7. The van der Waals surface area contributed by atoms with E-state index in [1.54, 1.807) is 6.20 Å². The molecule has 114 valence electrons. The van der Waals surface area contributed by atoms with Crippen LogP contribution in [0.5, 0.6) is 0 Å². The van der Waals surface area contributed by atoms with Gasteiger partial charge in [0.1, 0.15) is 5.41 Å². The number of hydrogen-bond acceptors (Lipinski definition) is 3. The summed E-state index contributed by atoms with van der Waals surface area (Å²) in [6, 6.07) is 15.8. The molecule has 1 fully saturated rings. The average molecular weight is 296 g/mol. The van der Waals surface area contributed by atoms with E-state index in [0.29, 0.717) is 18.5 Å². The Hall–Kier alpha value is -2.20. The zero-order chi connectivity index (χ0) is 15.4. The highest BCUT2D eigenvalue weighted by Crippen LogP contribution is 2.35. The topological polar surface area (TPSA) is 53.4 Å². The van der Waals surface area contributed by atoms with Gasteiger partial charge in [0.25, 0.3) is 0 Å². The normalized spacial score (nSPS) is 18.0. The number of piperidine rings is 1. The van der Waals surface area contributed by atoms with Crippen LogP contribution in [0.2, 0.25) is 0 Å². The predicted molar refractivity (Wildman–Crippen MR) is 84.5 cm³/mol. The van der Waals surface area contributed by atoms with Gasteiger partial charge in [-0.05, 0) is 43.6 Å². The van der Waals surface area contributed by atoms with E-state index < -0.39 is 11.4 Å². The molecule has 1 aromatic heterocycles. The SMILES string of the molecule is O=C(O)C1(c2ccccn2)CCN(Cc2ccccc2)CC1. The van der Waals surface area contributed by atoms with Gasteiger partial charge in [0.15, 0.2) is 0 Å². The third kappa shape index (κ3) is 2.88. The van der Waals surface area contributed by atoms with Crippen LogP contribution in [0, 0.1) is 0 Å². The number of benzene rings is 1. The summed E-state index contributed by atoms with van der Waals surface area (Å²) in [7, 11) is 0. The Labute approximate surface area is 130 Å². The zero-order valence-electron chi connectivity index (χ0n) is 12.5. The van der Waals surface area contributed by atoms with Crippen LogP contribution in [0.25, 0.3) is 0 Å². The number of rotatable bonds is 4. The van der Waals surface area contributed by atoms with E-state index >= 15 is 0 Å². The predicted octanol–water partition coefficient (Wildman–Crippen LogP) is 2.70. The van der Waals surface area contributed by atoms with Crippen molar-refractivity contribution >= 4 is 5.97 Å². The Balaban J connectivity index is 1.72. The van der Waals surface area contributed by atoms with E-state index in [9.17, 15) is 9.90 Å². The summed E-state index contributed by atoms with van der Waals surface area (Å²) in [5, 5.41) is 9.76. The lowest BCUT2D eigenvalue weighted by atomic mass is 9.75. The van der Waals surface area contributed by atoms with Crippen LogP contribution >= 0.6 is 0 Å². The summed E-state index contributed by atoms with van der Waals surface area (Å²) in [6.45, 7) is 2.42. The molecule has 3 rings (SSSR count). The van der Waals surface area contributed by atoms with Crippen molar-refractivity contribution in [1.82, 2.24) is 9.88 Å². The van der Waals surface area contributed by atoms with E-state index in [2.05, 4.69) is 22.0 Å². The highest BCUT2D eigenvalue weighted by Gasteiger charge is 2.44. The van der Waals surface area contributed by atoms with Gasteiger partial charge < -0.3 is 5.11 Å². The second-order valence-electron chi connectivity index (χ2n) is 5.86. The molecule has 0 radical (unpaired) electrons. The summed E-state index contributed by atoms with van der Waals surface area (Å²) in [4.78, 5) is 18.5. The van der Waals surface area contributed by atoms with Crippen LogP contribution in [-0.2, 0) is 16.8 Å². The Morgan fingerprint density at radius 1 is 1.09 bits per heavy atom. The van der Waals surface area contributed by atoms with Gasteiger partial charge in [-0.3, -0.25) is 14.7 Å². The molecule has 22 heavy (non-hydrogen) atoms. The van der Waals surface area contributed by atoms with Crippen molar-refractivity contribution in [3.8, 4) is 0 Å². The Morgan fingerprint density at radius 3 is 2.36 bits per heavy atom. The van der Waals surface area contributed by atoms with Crippen molar-refractivity contribution in [2.75, 3.05) is 13.1 Å². The summed E-state index contributed by atoms with van der Waals surface area (Å²) in [5.41, 5.74) is 1.11. The molecule has 1 aromatic carbocycles. The molecule has 1 N–H and O–H groups in total. The van der Waals surface area contributed by atoms with Gasteiger partial charge >= 0.3 is 5.97 Å². The van der Waals surface area contributed by atoms with Gasteiger partial charge in [-0.25, -0.2) is 0 Å². The molecule has 1 aliphatic rings. The molecule has 0 amide bonds. The zero-order valence-corrected chi connectivity index (χ0v) is 12.5. The lowest BCUT2D eigenvalue weighted by molar-refractivity contribution is -0.146. The molecular formula is C18H20N2O2. The van der Waals surface area contributed by atoms with Crippen molar-refractivity contribution in [2.24, 2.45) is 0 Å². The first-order valence-corrected chi connectivity index (χ1v) is 7.62. The van der Waals surface area contributed by atoms with Gasteiger partial charge in [0, 0.05) is 12.7 Å². The maximum Gasteiger partial charge on any atom is 0.315 e. The van der Waals surface area contributed by atoms with E-state index in [4.69, 9.17) is 0 Å². The first-order chi connectivity index (χ1) is 10.7. The fourth-order valence-corrected chi connectivity index (χ4v) is 3.16.